The van der Waals surface area contributed by atoms with Crippen LogP contribution in [0.5, 0.6) is 0 Å². The summed E-state index contributed by atoms with van der Waals surface area (Å²) in [6, 6.07) is 11.2. The van der Waals surface area contributed by atoms with Crippen molar-refractivity contribution in [3.63, 3.8) is 0 Å². The molecule has 1 aliphatic heterocycles. The molecule has 1 aromatic carbocycles. The third-order valence-corrected chi connectivity index (χ3v) is 6.82. The van der Waals surface area contributed by atoms with Gasteiger partial charge in [0.2, 0.25) is 10.0 Å². The first kappa shape index (κ1) is 18.9. The summed E-state index contributed by atoms with van der Waals surface area (Å²) in [6.45, 7) is 5.24. The first-order valence-corrected chi connectivity index (χ1v) is 11.1. The summed E-state index contributed by atoms with van der Waals surface area (Å²) in [7, 11) is -3.58. The van der Waals surface area contributed by atoms with Gasteiger partial charge in [0.05, 0.1) is 11.1 Å². The zero-order valence-electron chi connectivity index (χ0n) is 16.1. The van der Waals surface area contributed by atoms with Gasteiger partial charge in [-0.3, -0.25) is 0 Å². The second-order valence-corrected chi connectivity index (χ2v) is 9.80. The van der Waals surface area contributed by atoms with E-state index in [1.54, 1.807) is 12.3 Å². The van der Waals surface area contributed by atoms with Gasteiger partial charge in [-0.25, -0.2) is 22.4 Å². The van der Waals surface area contributed by atoms with E-state index in [0.29, 0.717) is 16.9 Å². The number of hydrogen-bond donors (Lipinski definition) is 2. The highest BCUT2D eigenvalue weighted by Crippen LogP contribution is 2.26. The minimum Gasteiger partial charge on any atom is -0.365 e. The Kier molecular flexibility index (Phi) is 4.84. The molecule has 1 unspecified atom stereocenters. The molecule has 3 aromatic rings. The van der Waals surface area contributed by atoms with E-state index < -0.39 is 10.0 Å². The van der Waals surface area contributed by atoms with Crippen molar-refractivity contribution < 1.29 is 8.42 Å². The summed E-state index contributed by atoms with van der Waals surface area (Å²) in [5.41, 5.74) is 1.29. The highest BCUT2D eigenvalue weighted by molar-refractivity contribution is 7.89. The van der Waals surface area contributed by atoms with Crippen LogP contribution in [0.25, 0.3) is 11.0 Å². The number of nitrogens with zero attached hydrogens (tertiary/aromatic N) is 3. The van der Waals surface area contributed by atoms with Gasteiger partial charge in [0.1, 0.15) is 12.1 Å². The third kappa shape index (κ3) is 3.88. The van der Waals surface area contributed by atoms with E-state index in [1.165, 1.54) is 10.3 Å². The Hall–Kier alpha value is -2.45. The average Bonchev–Trinajstić information content (AvgIpc) is 3.10. The van der Waals surface area contributed by atoms with Crippen molar-refractivity contribution in [1.82, 2.24) is 19.3 Å². The molecule has 0 radical (unpaired) electrons. The zero-order chi connectivity index (χ0) is 19.8. The van der Waals surface area contributed by atoms with Gasteiger partial charge in [-0.1, -0.05) is 30.3 Å². The molecule has 1 aliphatic rings. The Morgan fingerprint density at radius 1 is 1.21 bits per heavy atom. The quantitative estimate of drug-likeness (QED) is 0.686. The zero-order valence-corrected chi connectivity index (χ0v) is 16.9. The number of piperidine rings is 1. The lowest BCUT2D eigenvalue weighted by atomic mass is 9.91. The predicted molar refractivity (Wildman–Crippen MR) is 111 cm³/mol. The number of anilines is 1. The van der Waals surface area contributed by atoms with Crippen molar-refractivity contribution in [3.8, 4) is 0 Å². The molecule has 0 bridgehead atoms. The molecule has 1 saturated heterocycles. The molecule has 148 valence electrons. The Morgan fingerprint density at radius 2 is 2.00 bits per heavy atom. The van der Waals surface area contributed by atoms with Crippen molar-refractivity contribution in [2.24, 2.45) is 0 Å². The van der Waals surface area contributed by atoms with Gasteiger partial charge in [-0.05, 0) is 38.3 Å². The molecule has 0 aliphatic carbocycles. The predicted octanol–water partition coefficient (Wildman–Crippen LogP) is 2.75. The van der Waals surface area contributed by atoms with E-state index >= 15 is 0 Å². The Balaban J connectivity index is 1.60. The topological polar surface area (TPSA) is 88.9 Å². The highest BCUT2D eigenvalue weighted by Gasteiger charge is 2.27. The van der Waals surface area contributed by atoms with E-state index in [1.807, 2.05) is 30.3 Å². The minimum absolute atomic E-state index is 0.0774. The smallest absolute Gasteiger partial charge is 0.244 e. The maximum Gasteiger partial charge on any atom is 0.244 e. The van der Waals surface area contributed by atoms with Crippen LogP contribution < -0.4 is 10.6 Å². The summed E-state index contributed by atoms with van der Waals surface area (Å²) < 4.78 is 27.1. The Bertz CT molecular complexity index is 1070. The van der Waals surface area contributed by atoms with Gasteiger partial charge in [-0.2, -0.15) is 0 Å². The maximum atomic E-state index is 12.9. The average molecular weight is 400 g/mol. The van der Waals surface area contributed by atoms with E-state index in [2.05, 4.69) is 34.4 Å². The standard InChI is InChI=1S/C20H25N5O2S/c1-20(2)10-8-16(12-23-20)24-18-17-9-11-25(19(17)22-14-21-18)28(26,27)13-15-6-4-3-5-7-15/h3-7,9,11,14,16,23H,8,10,12-13H2,1-2H3,(H,21,22,24). The maximum absolute atomic E-state index is 12.9. The minimum atomic E-state index is -3.58. The summed E-state index contributed by atoms with van der Waals surface area (Å²) >= 11 is 0. The number of aromatic nitrogens is 3. The van der Waals surface area contributed by atoms with Crippen molar-refractivity contribution in [2.45, 2.75) is 44.0 Å². The molecule has 28 heavy (non-hydrogen) atoms. The van der Waals surface area contributed by atoms with Crippen LogP contribution in [-0.2, 0) is 15.8 Å². The highest BCUT2D eigenvalue weighted by atomic mass is 32.2. The van der Waals surface area contributed by atoms with E-state index in [0.717, 1.165) is 24.9 Å². The van der Waals surface area contributed by atoms with E-state index in [-0.39, 0.29) is 17.3 Å². The van der Waals surface area contributed by atoms with Crippen molar-refractivity contribution >= 4 is 26.9 Å². The molecule has 2 aromatic heterocycles. The van der Waals surface area contributed by atoms with Crippen molar-refractivity contribution in [1.29, 1.82) is 0 Å². The van der Waals surface area contributed by atoms with Crippen LogP contribution in [0.3, 0.4) is 0 Å². The van der Waals surface area contributed by atoms with Crippen molar-refractivity contribution in [2.75, 3.05) is 11.9 Å². The van der Waals surface area contributed by atoms with Crippen LogP contribution in [0.4, 0.5) is 5.82 Å². The number of rotatable bonds is 5. The largest absolute Gasteiger partial charge is 0.365 e. The van der Waals surface area contributed by atoms with Crippen LogP contribution in [0.15, 0.2) is 48.9 Å². The molecule has 2 N–H and O–H groups in total. The lowest BCUT2D eigenvalue weighted by Crippen LogP contribution is -2.50. The van der Waals surface area contributed by atoms with Gasteiger partial charge in [-0.15, -0.1) is 0 Å². The van der Waals surface area contributed by atoms with Gasteiger partial charge in [0.25, 0.3) is 0 Å². The summed E-state index contributed by atoms with van der Waals surface area (Å²) in [4.78, 5) is 8.60. The van der Waals surface area contributed by atoms with Gasteiger partial charge in [0, 0.05) is 24.3 Å². The lowest BCUT2D eigenvalue weighted by Gasteiger charge is -2.36. The number of fused-ring (bicyclic) bond motifs is 1. The first-order chi connectivity index (χ1) is 13.3. The van der Waals surface area contributed by atoms with Crippen LogP contribution in [0.2, 0.25) is 0 Å². The molecule has 0 saturated carbocycles. The summed E-state index contributed by atoms with van der Waals surface area (Å²) in [6.07, 6.45) is 5.06. The van der Waals surface area contributed by atoms with Crippen molar-refractivity contribution in [3.05, 3.63) is 54.5 Å². The van der Waals surface area contributed by atoms with Crippen LogP contribution in [-0.4, -0.2) is 40.5 Å². The monoisotopic (exact) mass is 399 g/mol. The van der Waals surface area contributed by atoms with Gasteiger partial charge in [0.15, 0.2) is 5.65 Å². The third-order valence-electron chi connectivity index (χ3n) is 5.23. The number of benzene rings is 1. The first-order valence-electron chi connectivity index (χ1n) is 9.45. The normalized spacial score (nSPS) is 19.6. The van der Waals surface area contributed by atoms with Gasteiger partial charge >= 0.3 is 0 Å². The molecule has 3 heterocycles. The summed E-state index contributed by atoms with van der Waals surface area (Å²) in [5, 5.41) is 7.69. The molecular formula is C20H25N5O2S. The molecule has 4 rings (SSSR count). The van der Waals surface area contributed by atoms with E-state index in [9.17, 15) is 8.42 Å². The SMILES string of the molecule is CC1(C)CCC(Nc2ncnc3c2ccn3S(=O)(=O)Cc2ccccc2)CN1. The van der Waals surface area contributed by atoms with Crippen LogP contribution in [0.1, 0.15) is 32.3 Å². The number of nitrogens with one attached hydrogen (secondary N) is 2. The van der Waals surface area contributed by atoms with Crippen LogP contribution >= 0.6 is 0 Å². The second kappa shape index (κ2) is 7.18. The summed E-state index contributed by atoms with van der Waals surface area (Å²) in [5.74, 6) is 0.594. The van der Waals surface area contributed by atoms with Gasteiger partial charge < -0.3 is 10.6 Å². The lowest BCUT2D eigenvalue weighted by molar-refractivity contribution is 0.289. The van der Waals surface area contributed by atoms with E-state index in [4.69, 9.17) is 0 Å². The molecule has 1 fully saturated rings. The number of hydrogen-bond acceptors (Lipinski definition) is 6. The molecule has 1 atom stereocenters. The molecule has 7 nitrogen and oxygen atoms in total. The van der Waals surface area contributed by atoms with Crippen LogP contribution in [0, 0.1) is 0 Å². The fraction of sp³-hybridized carbons (Fsp3) is 0.400. The molecular weight excluding hydrogens is 374 g/mol. The Labute approximate surface area is 165 Å². The fourth-order valence-electron chi connectivity index (χ4n) is 3.56. The molecule has 0 amide bonds. The molecule has 0 spiro atoms. The Morgan fingerprint density at radius 3 is 2.71 bits per heavy atom. The fourth-order valence-corrected chi connectivity index (χ4v) is 4.97. The molecule has 8 heteroatoms. The second-order valence-electron chi connectivity index (χ2n) is 7.96.